The van der Waals surface area contributed by atoms with Gasteiger partial charge in [0.05, 0.1) is 10.6 Å². The fourth-order valence-electron chi connectivity index (χ4n) is 2.25. The van der Waals surface area contributed by atoms with Gasteiger partial charge in [-0.2, -0.15) is 0 Å². The first-order chi connectivity index (χ1) is 9.61. The molecule has 3 amide bonds. The summed E-state index contributed by atoms with van der Waals surface area (Å²) in [5.74, 6) is -2.02. The molecule has 1 aliphatic heterocycles. The third-order valence-corrected chi connectivity index (χ3v) is 3.98. The van der Waals surface area contributed by atoms with Crippen molar-refractivity contribution in [3.8, 4) is 0 Å². The van der Waals surface area contributed by atoms with Crippen LogP contribution >= 0.6 is 11.3 Å². The highest BCUT2D eigenvalue weighted by molar-refractivity contribution is 7.12. The molecule has 7 heteroatoms. The van der Waals surface area contributed by atoms with Gasteiger partial charge in [-0.25, -0.2) is 9.69 Å². The summed E-state index contributed by atoms with van der Waals surface area (Å²) in [5.41, 5.74) is 5.96. The zero-order chi connectivity index (χ0) is 14.3. The number of thiophene rings is 1. The average molecular weight is 287 g/mol. The van der Waals surface area contributed by atoms with Crippen LogP contribution in [0.2, 0.25) is 0 Å². The Balaban J connectivity index is 2.11. The maximum Gasteiger partial charge on any atom is 0.326 e. The predicted octanol–water partition coefficient (Wildman–Crippen LogP) is 1.53. The van der Waals surface area contributed by atoms with Crippen molar-refractivity contribution in [2.75, 3.05) is 4.90 Å². The highest BCUT2D eigenvalue weighted by Gasteiger charge is 2.44. The van der Waals surface area contributed by atoms with E-state index in [0.29, 0.717) is 16.1 Å². The smallest absolute Gasteiger partial charge is 0.326 e. The van der Waals surface area contributed by atoms with Gasteiger partial charge in [-0.1, -0.05) is 6.07 Å². The van der Waals surface area contributed by atoms with Crippen molar-refractivity contribution >= 4 is 34.7 Å². The van der Waals surface area contributed by atoms with Crippen LogP contribution in [0.15, 0.2) is 36.0 Å². The van der Waals surface area contributed by atoms with Crippen molar-refractivity contribution in [1.29, 1.82) is 0 Å². The molecule has 6 nitrogen and oxygen atoms in total. The van der Waals surface area contributed by atoms with Crippen LogP contribution in [-0.2, 0) is 4.79 Å². The van der Waals surface area contributed by atoms with Crippen molar-refractivity contribution in [3.63, 3.8) is 0 Å². The number of carbonyl (C=O) groups excluding carboxylic acids is 3. The number of primary amides is 1. The zero-order valence-electron chi connectivity index (χ0n) is 10.1. The number of nitrogens with zero attached hydrogens (tertiary/aromatic N) is 2. The molecule has 0 saturated heterocycles. The minimum atomic E-state index is -1.05. The monoisotopic (exact) mass is 287 g/mol. The predicted molar refractivity (Wildman–Crippen MR) is 72.7 cm³/mol. The molecule has 3 heterocycles. The van der Waals surface area contributed by atoms with Crippen LogP contribution in [0.4, 0.5) is 10.5 Å². The van der Waals surface area contributed by atoms with Gasteiger partial charge in [0.25, 0.3) is 5.91 Å². The number of urea groups is 1. The van der Waals surface area contributed by atoms with Gasteiger partial charge >= 0.3 is 6.03 Å². The molecule has 2 aromatic rings. The number of fused-ring (bicyclic) bond motifs is 1. The Morgan fingerprint density at radius 3 is 2.80 bits per heavy atom. The van der Waals surface area contributed by atoms with E-state index in [1.165, 1.54) is 29.8 Å². The summed E-state index contributed by atoms with van der Waals surface area (Å²) in [4.78, 5) is 41.4. The van der Waals surface area contributed by atoms with Crippen molar-refractivity contribution in [1.82, 2.24) is 4.98 Å². The zero-order valence-corrected chi connectivity index (χ0v) is 11.0. The second-order valence-electron chi connectivity index (χ2n) is 4.22. The minimum Gasteiger partial charge on any atom is -0.351 e. The Bertz CT molecular complexity index is 711. The van der Waals surface area contributed by atoms with E-state index in [-0.39, 0.29) is 5.78 Å². The largest absolute Gasteiger partial charge is 0.351 e. The number of hydrogen-bond donors (Lipinski definition) is 1. The molecule has 1 aliphatic rings. The lowest BCUT2D eigenvalue weighted by Gasteiger charge is -2.11. The maximum absolute atomic E-state index is 12.4. The van der Waals surface area contributed by atoms with Crippen LogP contribution in [0.3, 0.4) is 0 Å². The summed E-state index contributed by atoms with van der Waals surface area (Å²) in [7, 11) is 0. The van der Waals surface area contributed by atoms with Crippen LogP contribution in [-0.4, -0.2) is 22.7 Å². The Hall–Kier alpha value is -2.54. The van der Waals surface area contributed by atoms with Gasteiger partial charge in [0.1, 0.15) is 5.92 Å². The number of amides is 3. The number of imide groups is 1. The van der Waals surface area contributed by atoms with E-state index >= 15 is 0 Å². The maximum atomic E-state index is 12.4. The molecule has 3 rings (SSSR count). The molecule has 0 spiro atoms. The number of aromatic nitrogens is 1. The number of rotatable bonds is 2. The second-order valence-corrected chi connectivity index (χ2v) is 5.17. The van der Waals surface area contributed by atoms with E-state index in [4.69, 9.17) is 5.73 Å². The number of hydrogen-bond acceptors (Lipinski definition) is 5. The Morgan fingerprint density at radius 1 is 1.35 bits per heavy atom. The molecule has 0 saturated carbocycles. The lowest BCUT2D eigenvalue weighted by atomic mass is 9.97. The summed E-state index contributed by atoms with van der Waals surface area (Å²) in [5, 5.41) is 1.75. The van der Waals surface area contributed by atoms with Gasteiger partial charge in [0.2, 0.25) is 0 Å². The molecule has 1 unspecified atom stereocenters. The fraction of sp³-hybridized carbons (Fsp3) is 0.0769. The first-order valence-electron chi connectivity index (χ1n) is 5.76. The van der Waals surface area contributed by atoms with Gasteiger partial charge in [-0.05, 0) is 17.5 Å². The van der Waals surface area contributed by atoms with Crippen LogP contribution in [0.25, 0.3) is 0 Å². The lowest BCUT2D eigenvalue weighted by molar-refractivity contribution is -0.117. The Kier molecular flexibility index (Phi) is 2.83. The molecule has 0 bridgehead atoms. The van der Waals surface area contributed by atoms with E-state index in [1.807, 2.05) is 0 Å². The number of ketones is 1. The first-order valence-corrected chi connectivity index (χ1v) is 6.64. The molecule has 2 N–H and O–H groups in total. The highest BCUT2D eigenvalue weighted by Crippen LogP contribution is 2.38. The summed E-state index contributed by atoms with van der Waals surface area (Å²) in [6.07, 6.45) is 2.87. The lowest BCUT2D eigenvalue weighted by Crippen LogP contribution is -2.40. The number of anilines is 1. The Labute approximate surface area is 117 Å². The number of pyridine rings is 1. The van der Waals surface area contributed by atoms with Crippen LogP contribution < -0.4 is 10.6 Å². The van der Waals surface area contributed by atoms with Crippen LogP contribution in [0.1, 0.15) is 21.2 Å². The third-order valence-electron chi connectivity index (χ3n) is 3.09. The first kappa shape index (κ1) is 12.5. The van der Waals surface area contributed by atoms with Crippen molar-refractivity contribution in [2.45, 2.75) is 5.92 Å². The molecule has 0 aromatic carbocycles. The molecular formula is C13H9N3O3S. The molecule has 0 fully saturated rings. The fourth-order valence-corrected chi connectivity index (χ4v) is 2.94. The normalized spacial score (nSPS) is 17.1. The number of Topliss-reactive ketones (excluding diaryl/α,β-unsaturated/α-hetero) is 1. The van der Waals surface area contributed by atoms with Gasteiger partial charge in [-0.15, -0.1) is 11.3 Å². The standard InChI is InChI=1S/C13H9N3O3S/c14-13(19)16-8-3-4-15-6-7(8)10(12(16)18)11(17)9-2-1-5-20-9/h1-6,10H,(H2,14,19). The molecule has 0 aliphatic carbocycles. The molecule has 100 valence electrons. The SMILES string of the molecule is NC(=O)N1C(=O)C(C(=O)c2cccs2)c2cnccc21. The van der Waals surface area contributed by atoms with Gasteiger partial charge in [0, 0.05) is 18.0 Å². The van der Waals surface area contributed by atoms with E-state index in [2.05, 4.69) is 4.98 Å². The van der Waals surface area contributed by atoms with Crippen molar-refractivity contribution < 1.29 is 14.4 Å². The minimum absolute atomic E-state index is 0.326. The molecule has 20 heavy (non-hydrogen) atoms. The molecule has 2 aromatic heterocycles. The topological polar surface area (TPSA) is 93.4 Å². The van der Waals surface area contributed by atoms with Crippen LogP contribution in [0, 0.1) is 0 Å². The van der Waals surface area contributed by atoms with Gasteiger partial charge in [-0.3, -0.25) is 14.6 Å². The number of nitrogens with two attached hydrogens (primary N) is 1. The number of carbonyl (C=O) groups is 3. The van der Waals surface area contributed by atoms with E-state index < -0.39 is 17.9 Å². The van der Waals surface area contributed by atoms with Crippen molar-refractivity contribution in [3.05, 3.63) is 46.4 Å². The second kappa shape index (κ2) is 4.53. The van der Waals surface area contributed by atoms with E-state index in [9.17, 15) is 14.4 Å². The third kappa shape index (κ3) is 1.71. The quantitative estimate of drug-likeness (QED) is 0.669. The highest BCUT2D eigenvalue weighted by atomic mass is 32.1. The molecular weight excluding hydrogens is 278 g/mol. The summed E-state index contributed by atoms with van der Waals surface area (Å²) < 4.78 is 0. The summed E-state index contributed by atoms with van der Waals surface area (Å²) in [6.45, 7) is 0. The van der Waals surface area contributed by atoms with E-state index in [0.717, 1.165) is 4.90 Å². The Morgan fingerprint density at radius 2 is 2.15 bits per heavy atom. The summed E-state index contributed by atoms with van der Waals surface area (Å²) in [6, 6.07) is 3.97. The van der Waals surface area contributed by atoms with Crippen molar-refractivity contribution in [2.24, 2.45) is 5.73 Å². The average Bonchev–Trinajstić information content (AvgIpc) is 3.02. The van der Waals surface area contributed by atoms with Crippen LogP contribution in [0.5, 0.6) is 0 Å². The van der Waals surface area contributed by atoms with E-state index in [1.54, 1.807) is 17.5 Å². The summed E-state index contributed by atoms with van der Waals surface area (Å²) >= 11 is 1.25. The molecule has 1 atom stereocenters. The molecule has 0 radical (unpaired) electrons. The van der Waals surface area contributed by atoms with Gasteiger partial charge in [0.15, 0.2) is 5.78 Å². The van der Waals surface area contributed by atoms with Gasteiger partial charge < -0.3 is 5.73 Å².